The summed E-state index contributed by atoms with van der Waals surface area (Å²) in [4.78, 5) is 2.30. The number of anilines is 3. The van der Waals surface area contributed by atoms with Crippen LogP contribution >= 0.6 is 7.14 Å². The summed E-state index contributed by atoms with van der Waals surface area (Å²) in [5, 5.41) is 7.59. The molecule has 0 N–H and O–H groups in total. The van der Waals surface area contributed by atoms with E-state index < -0.39 is 15.2 Å². The van der Waals surface area contributed by atoms with E-state index in [1.54, 1.807) is 0 Å². The molecule has 0 saturated heterocycles. The van der Waals surface area contributed by atoms with Crippen LogP contribution in [-0.4, -0.2) is 8.07 Å². The maximum Gasteiger partial charge on any atom is 0.179 e. The molecule has 0 amide bonds. The number of nitrogens with zero attached hydrogens (tertiary/aromatic N) is 1. The third kappa shape index (κ3) is 6.05. The predicted octanol–water partition coefficient (Wildman–Crippen LogP) is 8.17. The Bertz CT molecular complexity index is 2270. The van der Waals surface area contributed by atoms with Gasteiger partial charge in [-0.3, -0.25) is 0 Å². The van der Waals surface area contributed by atoms with Gasteiger partial charge in [-0.2, -0.15) is 0 Å². The van der Waals surface area contributed by atoms with E-state index in [1.807, 2.05) is 60.7 Å². The molecule has 0 bridgehead atoms. The molecule has 8 rings (SSSR count). The van der Waals surface area contributed by atoms with Crippen LogP contribution < -0.4 is 41.6 Å². The largest absolute Gasteiger partial charge is 0.311 e. The zero-order chi connectivity index (χ0) is 35.2. The van der Waals surface area contributed by atoms with Gasteiger partial charge in [0.1, 0.15) is 0 Å². The van der Waals surface area contributed by atoms with E-state index in [-0.39, 0.29) is 0 Å². The highest BCUT2D eigenvalue weighted by molar-refractivity contribution is 7.85. The van der Waals surface area contributed by atoms with E-state index in [1.165, 1.54) is 20.7 Å². The highest BCUT2D eigenvalue weighted by Gasteiger charge is 2.42. The van der Waals surface area contributed by atoms with E-state index >= 15 is 4.57 Å². The van der Waals surface area contributed by atoms with E-state index in [2.05, 4.69) is 175 Å². The highest BCUT2D eigenvalue weighted by atomic mass is 31.2. The minimum absolute atomic E-state index is 0.828. The zero-order valence-corrected chi connectivity index (χ0v) is 30.6. The molecule has 0 aliphatic carbocycles. The van der Waals surface area contributed by atoms with Crippen LogP contribution in [0.4, 0.5) is 17.1 Å². The van der Waals surface area contributed by atoms with Crippen molar-refractivity contribution in [3.8, 4) is 0 Å². The first kappa shape index (κ1) is 33.2. The van der Waals surface area contributed by atoms with Gasteiger partial charge >= 0.3 is 0 Å². The maximum absolute atomic E-state index is 15.3. The fourth-order valence-electron chi connectivity index (χ4n) is 7.48. The Morgan fingerprint density at radius 3 is 0.942 bits per heavy atom. The number of para-hydroxylation sites is 2. The number of hydrogen-bond donors (Lipinski definition) is 0. The van der Waals surface area contributed by atoms with Crippen LogP contribution in [0.15, 0.2) is 231 Å². The lowest BCUT2D eigenvalue weighted by Gasteiger charge is -2.35. The van der Waals surface area contributed by atoms with Gasteiger partial charge in [0.05, 0.1) is 0 Å². The molecule has 8 aromatic carbocycles. The quantitative estimate of drug-likeness (QED) is 0.0814. The fraction of sp³-hybridized carbons (Fsp3) is 0. The summed E-state index contributed by atoms with van der Waals surface area (Å²) < 4.78 is 15.3. The van der Waals surface area contributed by atoms with E-state index in [0.717, 1.165) is 33.0 Å². The van der Waals surface area contributed by atoms with Crippen LogP contribution in [0.1, 0.15) is 0 Å². The van der Waals surface area contributed by atoms with Crippen molar-refractivity contribution in [3.63, 3.8) is 0 Å². The molecule has 0 atom stereocenters. The van der Waals surface area contributed by atoms with Gasteiger partial charge < -0.3 is 9.46 Å². The van der Waals surface area contributed by atoms with E-state index in [0.29, 0.717) is 0 Å². The third-order valence-corrected chi connectivity index (χ3v) is 17.8. The standard InChI is InChI=1S/C48H38NOPSi/c50-51(42-23-11-3-12-24-42,43-25-13-4-14-26-43)44-33-37-48(38-34-44)52(45-27-15-5-16-28-45,46-29-17-6-18-30-46)47-35-31-41(32-36-47)49(39-19-7-1-8-20-39)40-21-9-2-10-22-40/h1-38H. The second kappa shape index (κ2) is 14.7. The lowest BCUT2D eigenvalue weighted by Crippen LogP contribution is -2.74. The lowest BCUT2D eigenvalue weighted by atomic mass is 10.2. The summed E-state index contributed by atoms with van der Waals surface area (Å²) in [6.07, 6.45) is 0. The summed E-state index contributed by atoms with van der Waals surface area (Å²) >= 11 is 0. The molecule has 0 radical (unpaired) electrons. The topological polar surface area (TPSA) is 20.3 Å². The van der Waals surface area contributed by atoms with Crippen molar-refractivity contribution >= 4 is 68.9 Å². The molecule has 52 heavy (non-hydrogen) atoms. The van der Waals surface area contributed by atoms with Gasteiger partial charge in [0.15, 0.2) is 15.2 Å². The molecular weight excluding hydrogens is 666 g/mol. The monoisotopic (exact) mass is 703 g/mol. The van der Waals surface area contributed by atoms with Crippen LogP contribution in [0.2, 0.25) is 0 Å². The molecule has 8 aromatic rings. The molecular formula is C48H38NOPSi. The Morgan fingerprint density at radius 2 is 0.558 bits per heavy atom. The van der Waals surface area contributed by atoms with Crippen molar-refractivity contribution in [3.05, 3.63) is 231 Å². The van der Waals surface area contributed by atoms with Crippen molar-refractivity contribution < 1.29 is 4.57 Å². The molecule has 250 valence electrons. The molecule has 0 aliphatic heterocycles. The van der Waals surface area contributed by atoms with Crippen LogP contribution in [0.25, 0.3) is 0 Å². The van der Waals surface area contributed by atoms with Crippen molar-refractivity contribution in [2.45, 2.75) is 0 Å². The van der Waals surface area contributed by atoms with Crippen molar-refractivity contribution in [1.82, 2.24) is 0 Å². The number of hydrogen-bond acceptors (Lipinski definition) is 2. The molecule has 0 spiro atoms. The fourth-order valence-corrected chi connectivity index (χ4v) is 14.8. The lowest BCUT2D eigenvalue weighted by molar-refractivity contribution is 0.592. The zero-order valence-electron chi connectivity index (χ0n) is 28.7. The summed E-state index contributed by atoms with van der Waals surface area (Å²) in [7, 11) is -6.00. The summed E-state index contributed by atoms with van der Waals surface area (Å²) in [5.41, 5.74) is 3.30. The molecule has 0 saturated carbocycles. The predicted molar refractivity (Wildman–Crippen MR) is 224 cm³/mol. The minimum Gasteiger partial charge on any atom is -0.311 e. The summed E-state index contributed by atoms with van der Waals surface area (Å²) in [6.45, 7) is 0. The first-order valence-corrected chi connectivity index (χ1v) is 21.3. The van der Waals surface area contributed by atoms with Crippen LogP contribution in [0.5, 0.6) is 0 Å². The molecule has 4 heteroatoms. The minimum atomic E-state index is -3.13. The van der Waals surface area contributed by atoms with Gasteiger partial charge in [0, 0.05) is 33.0 Å². The Balaban J connectivity index is 1.32. The van der Waals surface area contributed by atoms with Gasteiger partial charge in [-0.05, 0) is 57.1 Å². The van der Waals surface area contributed by atoms with Crippen LogP contribution in [0.3, 0.4) is 0 Å². The van der Waals surface area contributed by atoms with Crippen LogP contribution in [0, 0.1) is 0 Å². The second-order valence-electron chi connectivity index (χ2n) is 12.9. The van der Waals surface area contributed by atoms with E-state index in [9.17, 15) is 0 Å². The van der Waals surface area contributed by atoms with Gasteiger partial charge in [0.25, 0.3) is 0 Å². The Morgan fingerprint density at radius 1 is 0.288 bits per heavy atom. The summed E-state index contributed by atoms with van der Waals surface area (Å²) in [5.74, 6) is 0. The SMILES string of the molecule is O=P(c1ccccc1)(c1ccccc1)c1ccc([Si](c2ccccc2)(c2ccccc2)c2ccc(N(c3ccccc3)c3ccccc3)cc2)cc1. The van der Waals surface area contributed by atoms with Crippen molar-refractivity contribution in [1.29, 1.82) is 0 Å². The van der Waals surface area contributed by atoms with Gasteiger partial charge in [-0.25, -0.2) is 0 Å². The first-order chi connectivity index (χ1) is 25.7. The molecule has 2 nitrogen and oxygen atoms in total. The molecule has 0 unspecified atom stereocenters. The van der Waals surface area contributed by atoms with Gasteiger partial charge in [-0.15, -0.1) is 0 Å². The first-order valence-electron chi connectivity index (χ1n) is 17.6. The second-order valence-corrected chi connectivity index (χ2v) is 19.4. The highest BCUT2D eigenvalue weighted by Crippen LogP contribution is 2.42. The van der Waals surface area contributed by atoms with E-state index in [4.69, 9.17) is 0 Å². The van der Waals surface area contributed by atoms with Crippen LogP contribution in [-0.2, 0) is 4.57 Å². The molecule has 0 fully saturated rings. The normalized spacial score (nSPS) is 11.5. The van der Waals surface area contributed by atoms with Crippen molar-refractivity contribution in [2.24, 2.45) is 0 Å². The average Bonchev–Trinajstić information content (AvgIpc) is 3.24. The molecule has 0 aliphatic rings. The molecule has 0 heterocycles. The van der Waals surface area contributed by atoms with Gasteiger partial charge in [-0.1, -0.05) is 194 Å². The number of benzene rings is 8. The Hall–Kier alpha value is -5.99. The third-order valence-electron chi connectivity index (χ3n) is 9.90. The summed E-state index contributed by atoms with van der Waals surface area (Å²) in [6, 6.07) is 80.6. The average molecular weight is 704 g/mol. The Labute approximate surface area is 307 Å². The molecule has 0 aromatic heterocycles. The Kier molecular flexibility index (Phi) is 9.38. The maximum atomic E-state index is 15.3. The van der Waals surface area contributed by atoms with Crippen molar-refractivity contribution in [2.75, 3.05) is 4.90 Å². The number of rotatable bonds is 10. The van der Waals surface area contributed by atoms with Gasteiger partial charge in [0.2, 0.25) is 0 Å². The smallest absolute Gasteiger partial charge is 0.179 e.